The summed E-state index contributed by atoms with van der Waals surface area (Å²) in [5, 5.41) is 10.9. The first-order valence-electron chi connectivity index (χ1n) is 5.28. The maximum Gasteiger partial charge on any atom is 0.150 e. The third kappa shape index (κ3) is 2.70. The molecule has 0 bridgehead atoms. The summed E-state index contributed by atoms with van der Waals surface area (Å²) >= 11 is 3.22. The van der Waals surface area contributed by atoms with Crippen LogP contribution in [-0.4, -0.2) is 21.5 Å². The fraction of sp³-hybridized carbons (Fsp3) is 0.273. The van der Waals surface area contributed by atoms with Crippen molar-refractivity contribution in [2.75, 3.05) is 6.54 Å². The van der Waals surface area contributed by atoms with Gasteiger partial charge in [0.25, 0.3) is 0 Å². The van der Waals surface area contributed by atoms with Crippen molar-refractivity contribution < 1.29 is 4.39 Å². The highest BCUT2D eigenvalue weighted by molar-refractivity contribution is 9.10. The maximum absolute atomic E-state index is 13.8. The maximum atomic E-state index is 13.8. The van der Waals surface area contributed by atoms with E-state index in [1.807, 2.05) is 6.92 Å². The van der Waals surface area contributed by atoms with E-state index >= 15 is 0 Å². The molecule has 6 heteroatoms. The summed E-state index contributed by atoms with van der Waals surface area (Å²) in [5.74, 6) is -0.331. The Morgan fingerprint density at radius 1 is 1.47 bits per heavy atom. The van der Waals surface area contributed by atoms with Crippen LogP contribution in [0.25, 0.3) is 5.69 Å². The van der Waals surface area contributed by atoms with Gasteiger partial charge in [0.2, 0.25) is 0 Å². The Balaban J connectivity index is 2.35. The molecule has 2 aromatic rings. The van der Waals surface area contributed by atoms with Gasteiger partial charge in [0.15, 0.2) is 0 Å². The Morgan fingerprint density at radius 3 is 3.00 bits per heavy atom. The fourth-order valence-corrected chi connectivity index (χ4v) is 1.82. The Kier molecular flexibility index (Phi) is 3.86. The summed E-state index contributed by atoms with van der Waals surface area (Å²) in [7, 11) is 0. The molecule has 1 aromatic heterocycles. The number of benzene rings is 1. The van der Waals surface area contributed by atoms with Gasteiger partial charge in [0, 0.05) is 11.0 Å². The zero-order chi connectivity index (χ0) is 12.3. The van der Waals surface area contributed by atoms with E-state index in [0.29, 0.717) is 16.7 Å². The van der Waals surface area contributed by atoms with Crippen LogP contribution in [0.5, 0.6) is 0 Å². The average Bonchev–Trinajstić information content (AvgIpc) is 2.74. The highest BCUT2D eigenvalue weighted by Gasteiger charge is 2.10. The normalized spacial score (nSPS) is 10.8. The Bertz CT molecular complexity index is 512. The third-order valence-corrected chi connectivity index (χ3v) is 2.81. The molecule has 0 spiro atoms. The molecular formula is C11H12BrFN4. The predicted octanol–water partition coefficient (Wildman–Crippen LogP) is 2.28. The second kappa shape index (κ2) is 5.37. The molecule has 0 atom stereocenters. The first-order chi connectivity index (χ1) is 8.22. The summed E-state index contributed by atoms with van der Waals surface area (Å²) < 4.78 is 16.0. The standard InChI is InChI=1S/C11H12BrFN4/c1-2-14-6-9-7-15-16-17(9)11-4-3-8(12)5-10(11)13/h3-5,7,14H,2,6H2,1H3. The summed E-state index contributed by atoms with van der Waals surface area (Å²) in [6.45, 7) is 3.46. The van der Waals surface area contributed by atoms with E-state index in [1.54, 1.807) is 18.3 Å². The number of hydrogen-bond donors (Lipinski definition) is 1. The number of halogens is 2. The molecule has 1 N–H and O–H groups in total. The molecule has 90 valence electrons. The Hall–Kier alpha value is -1.27. The second-order valence-corrected chi connectivity index (χ2v) is 4.43. The summed E-state index contributed by atoms with van der Waals surface area (Å²) in [6.07, 6.45) is 1.63. The largest absolute Gasteiger partial charge is 0.311 e. The topological polar surface area (TPSA) is 42.7 Å². The molecule has 0 aliphatic rings. The van der Waals surface area contributed by atoms with Crippen molar-refractivity contribution in [1.82, 2.24) is 20.3 Å². The van der Waals surface area contributed by atoms with Gasteiger partial charge >= 0.3 is 0 Å². The van der Waals surface area contributed by atoms with E-state index in [0.717, 1.165) is 12.2 Å². The lowest BCUT2D eigenvalue weighted by atomic mass is 10.3. The average molecular weight is 299 g/mol. The van der Waals surface area contributed by atoms with E-state index in [4.69, 9.17) is 0 Å². The van der Waals surface area contributed by atoms with Gasteiger partial charge in [-0.15, -0.1) is 5.10 Å². The highest BCUT2D eigenvalue weighted by atomic mass is 79.9. The SMILES string of the molecule is CCNCc1cnnn1-c1ccc(Br)cc1F. The fourth-order valence-electron chi connectivity index (χ4n) is 1.49. The molecule has 0 radical (unpaired) electrons. The number of nitrogens with zero attached hydrogens (tertiary/aromatic N) is 3. The first kappa shape index (κ1) is 12.2. The summed E-state index contributed by atoms with van der Waals surface area (Å²) in [6, 6.07) is 4.86. The van der Waals surface area contributed by atoms with Crippen LogP contribution in [0, 0.1) is 5.82 Å². The predicted molar refractivity (Wildman–Crippen MR) is 66.4 cm³/mol. The van der Waals surface area contributed by atoms with Gasteiger partial charge in [-0.3, -0.25) is 0 Å². The van der Waals surface area contributed by atoms with Gasteiger partial charge in [-0.1, -0.05) is 28.1 Å². The van der Waals surface area contributed by atoms with E-state index < -0.39 is 0 Å². The zero-order valence-corrected chi connectivity index (χ0v) is 10.9. The van der Waals surface area contributed by atoms with Crippen LogP contribution in [-0.2, 0) is 6.54 Å². The lowest BCUT2D eigenvalue weighted by Crippen LogP contribution is -2.15. The van der Waals surface area contributed by atoms with Crippen molar-refractivity contribution in [2.24, 2.45) is 0 Å². The smallest absolute Gasteiger partial charge is 0.150 e. The van der Waals surface area contributed by atoms with Crippen molar-refractivity contribution in [2.45, 2.75) is 13.5 Å². The van der Waals surface area contributed by atoms with Crippen LogP contribution in [0.4, 0.5) is 4.39 Å². The minimum absolute atomic E-state index is 0.331. The van der Waals surface area contributed by atoms with Gasteiger partial charge < -0.3 is 5.32 Å². The third-order valence-electron chi connectivity index (χ3n) is 2.31. The molecule has 2 rings (SSSR count). The van der Waals surface area contributed by atoms with Crippen molar-refractivity contribution >= 4 is 15.9 Å². The quantitative estimate of drug-likeness (QED) is 0.942. The Morgan fingerprint density at radius 2 is 2.29 bits per heavy atom. The van der Waals surface area contributed by atoms with Gasteiger partial charge in [0.1, 0.15) is 11.5 Å². The molecule has 0 saturated carbocycles. The second-order valence-electron chi connectivity index (χ2n) is 3.51. The van der Waals surface area contributed by atoms with E-state index in [-0.39, 0.29) is 5.82 Å². The minimum atomic E-state index is -0.331. The van der Waals surface area contributed by atoms with Crippen LogP contribution in [0.2, 0.25) is 0 Å². The van der Waals surface area contributed by atoms with Gasteiger partial charge in [-0.2, -0.15) is 0 Å². The Labute approximate surface area is 107 Å². The van der Waals surface area contributed by atoms with Crippen molar-refractivity contribution in [3.8, 4) is 5.69 Å². The van der Waals surface area contributed by atoms with Crippen molar-refractivity contribution in [3.63, 3.8) is 0 Å². The van der Waals surface area contributed by atoms with E-state index in [9.17, 15) is 4.39 Å². The summed E-state index contributed by atoms with van der Waals surface area (Å²) in [5.41, 5.74) is 1.23. The molecule has 0 amide bonds. The van der Waals surface area contributed by atoms with Crippen LogP contribution in [0.15, 0.2) is 28.9 Å². The van der Waals surface area contributed by atoms with Crippen molar-refractivity contribution in [3.05, 3.63) is 40.4 Å². The molecule has 1 heterocycles. The molecule has 1 aromatic carbocycles. The lowest BCUT2D eigenvalue weighted by molar-refractivity contribution is 0.595. The number of hydrogen-bond acceptors (Lipinski definition) is 3. The molecule has 0 fully saturated rings. The number of aromatic nitrogens is 3. The minimum Gasteiger partial charge on any atom is -0.311 e. The lowest BCUT2D eigenvalue weighted by Gasteiger charge is -2.07. The monoisotopic (exact) mass is 298 g/mol. The zero-order valence-electron chi connectivity index (χ0n) is 9.32. The molecular weight excluding hydrogens is 287 g/mol. The van der Waals surface area contributed by atoms with E-state index in [1.165, 1.54) is 10.7 Å². The molecule has 4 nitrogen and oxygen atoms in total. The van der Waals surface area contributed by atoms with Crippen molar-refractivity contribution in [1.29, 1.82) is 0 Å². The first-order valence-corrected chi connectivity index (χ1v) is 6.07. The van der Waals surface area contributed by atoms with Crippen LogP contribution < -0.4 is 5.32 Å². The van der Waals surface area contributed by atoms with Crippen LogP contribution in [0.1, 0.15) is 12.6 Å². The molecule has 0 aliphatic carbocycles. The van der Waals surface area contributed by atoms with Gasteiger partial charge in [-0.25, -0.2) is 9.07 Å². The van der Waals surface area contributed by atoms with Gasteiger partial charge in [-0.05, 0) is 24.7 Å². The van der Waals surface area contributed by atoms with E-state index in [2.05, 4.69) is 31.6 Å². The van der Waals surface area contributed by atoms with Crippen LogP contribution in [0.3, 0.4) is 0 Å². The molecule has 0 saturated heterocycles. The molecule has 17 heavy (non-hydrogen) atoms. The number of rotatable bonds is 4. The molecule has 0 aliphatic heterocycles. The molecule has 0 unspecified atom stereocenters. The van der Waals surface area contributed by atoms with Crippen LogP contribution >= 0.6 is 15.9 Å². The van der Waals surface area contributed by atoms with Gasteiger partial charge in [0.05, 0.1) is 11.9 Å². The summed E-state index contributed by atoms with van der Waals surface area (Å²) in [4.78, 5) is 0. The highest BCUT2D eigenvalue weighted by Crippen LogP contribution is 2.19. The number of nitrogens with one attached hydrogen (secondary N) is 1.